The minimum absolute atomic E-state index is 0.294. The van der Waals surface area contributed by atoms with Crippen molar-refractivity contribution in [3.63, 3.8) is 0 Å². The lowest BCUT2D eigenvalue weighted by Crippen LogP contribution is -2.15. The van der Waals surface area contributed by atoms with Gasteiger partial charge < -0.3 is 4.74 Å². The van der Waals surface area contributed by atoms with Crippen molar-refractivity contribution < 1.29 is 9.53 Å². The van der Waals surface area contributed by atoms with Crippen LogP contribution in [0.1, 0.15) is 39.5 Å². The molecule has 0 radical (unpaired) electrons. The van der Waals surface area contributed by atoms with Gasteiger partial charge in [0, 0.05) is 6.42 Å². The van der Waals surface area contributed by atoms with Crippen LogP contribution in [-0.4, -0.2) is 12.1 Å². The lowest BCUT2D eigenvalue weighted by molar-refractivity contribution is -0.146. The van der Waals surface area contributed by atoms with Gasteiger partial charge in [0.15, 0.2) is 6.10 Å². The summed E-state index contributed by atoms with van der Waals surface area (Å²) in [6, 6.07) is 1.96. The molecular formula is C9H15NO2. The van der Waals surface area contributed by atoms with E-state index in [9.17, 15) is 4.79 Å². The second-order valence-electron chi connectivity index (χ2n) is 2.60. The molecule has 0 bridgehead atoms. The molecule has 3 nitrogen and oxygen atoms in total. The average molecular weight is 169 g/mol. The molecular weight excluding hydrogens is 154 g/mol. The van der Waals surface area contributed by atoms with Crippen LogP contribution < -0.4 is 0 Å². The molecule has 0 saturated carbocycles. The summed E-state index contributed by atoms with van der Waals surface area (Å²) in [4.78, 5) is 10.8. The van der Waals surface area contributed by atoms with Crippen molar-refractivity contribution >= 4 is 5.97 Å². The fourth-order valence-electron chi connectivity index (χ4n) is 0.781. The van der Waals surface area contributed by atoms with Gasteiger partial charge in [0.25, 0.3) is 0 Å². The van der Waals surface area contributed by atoms with E-state index in [0.29, 0.717) is 12.8 Å². The third kappa shape index (κ3) is 4.73. The van der Waals surface area contributed by atoms with Gasteiger partial charge in [0.05, 0.1) is 0 Å². The number of unbranched alkanes of at least 4 members (excludes halogenated alkanes) is 1. The molecule has 0 aromatic heterocycles. The third-order valence-electron chi connectivity index (χ3n) is 1.53. The zero-order valence-electron chi connectivity index (χ0n) is 7.67. The van der Waals surface area contributed by atoms with Gasteiger partial charge in [-0.1, -0.05) is 20.3 Å². The van der Waals surface area contributed by atoms with E-state index in [1.165, 1.54) is 0 Å². The van der Waals surface area contributed by atoms with E-state index in [2.05, 4.69) is 0 Å². The zero-order chi connectivity index (χ0) is 9.40. The van der Waals surface area contributed by atoms with Crippen LogP contribution in [0, 0.1) is 11.3 Å². The second kappa shape index (κ2) is 6.66. The van der Waals surface area contributed by atoms with Crippen molar-refractivity contribution in [1.29, 1.82) is 5.26 Å². The summed E-state index contributed by atoms with van der Waals surface area (Å²) in [6.45, 7) is 3.76. The molecule has 0 aromatic rings. The Kier molecular flexibility index (Phi) is 6.08. The summed E-state index contributed by atoms with van der Waals surface area (Å²) in [5, 5.41) is 8.57. The Morgan fingerprint density at radius 1 is 1.58 bits per heavy atom. The lowest BCUT2D eigenvalue weighted by atomic mass is 10.2. The van der Waals surface area contributed by atoms with Crippen molar-refractivity contribution in [2.45, 2.75) is 45.6 Å². The smallest absolute Gasteiger partial charge is 0.306 e. The van der Waals surface area contributed by atoms with Crippen LogP contribution in [0.3, 0.4) is 0 Å². The van der Waals surface area contributed by atoms with Gasteiger partial charge in [0.1, 0.15) is 6.07 Å². The molecule has 0 amide bonds. The summed E-state index contributed by atoms with van der Waals surface area (Å²) in [5.41, 5.74) is 0. The van der Waals surface area contributed by atoms with Crippen LogP contribution in [0.4, 0.5) is 0 Å². The normalized spacial score (nSPS) is 11.8. The maximum atomic E-state index is 10.8. The number of nitriles is 1. The number of carbonyl (C=O) groups excluding carboxylic acids is 1. The number of esters is 1. The summed E-state index contributed by atoms with van der Waals surface area (Å²) >= 11 is 0. The standard InChI is InChI=1S/C9H15NO2/c1-3-5-6-8(7-10)12-9(11)4-2/h8H,3-6H2,1-2H3/t8-/m0/s1. The minimum Gasteiger partial charge on any atom is -0.447 e. The Bertz CT molecular complexity index is 172. The predicted octanol–water partition coefficient (Wildman–Crippen LogP) is 2.02. The molecule has 1 atom stereocenters. The van der Waals surface area contributed by atoms with E-state index in [1.807, 2.05) is 13.0 Å². The van der Waals surface area contributed by atoms with Crippen molar-refractivity contribution in [1.82, 2.24) is 0 Å². The molecule has 0 fully saturated rings. The molecule has 0 spiro atoms. The minimum atomic E-state index is -0.544. The summed E-state index contributed by atoms with van der Waals surface area (Å²) in [5.74, 6) is -0.294. The SMILES string of the molecule is CCCC[C@@H](C#N)OC(=O)CC. The molecule has 0 aliphatic rings. The average Bonchev–Trinajstić information content (AvgIpc) is 2.11. The number of rotatable bonds is 5. The molecule has 0 rings (SSSR count). The van der Waals surface area contributed by atoms with Crippen molar-refractivity contribution in [3.05, 3.63) is 0 Å². The van der Waals surface area contributed by atoms with E-state index in [4.69, 9.17) is 10.00 Å². The van der Waals surface area contributed by atoms with Crippen LogP contribution in [0.5, 0.6) is 0 Å². The van der Waals surface area contributed by atoms with Gasteiger partial charge in [-0.05, 0) is 12.8 Å². The quantitative estimate of drug-likeness (QED) is 0.591. The summed E-state index contributed by atoms with van der Waals surface area (Å²) in [6.07, 6.45) is 2.39. The number of hydrogen-bond donors (Lipinski definition) is 0. The Labute approximate surface area is 73.3 Å². The highest BCUT2D eigenvalue weighted by Gasteiger charge is 2.10. The first-order valence-corrected chi connectivity index (χ1v) is 4.33. The summed E-state index contributed by atoms with van der Waals surface area (Å²) in [7, 11) is 0. The van der Waals surface area contributed by atoms with E-state index < -0.39 is 6.10 Å². The first-order chi connectivity index (χ1) is 5.74. The van der Waals surface area contributed by atoms with E-state index in [-0.39, 0.29) is 5.97 Å². The molecule has 0 unspecified atom stereocenters. The van der Waals surface area contributed by atoms with Crippen LogP contribution in [-0.2, 0) is 9.53 Å². The van der Waals surface area contributed by atoms with Gasteiger partial charge in [-0.3, -0.25) is 4.79 Å². The van der Waals surface area contributed by atoms with E-state index in [0.717, 1.165) is 12.8 Å². The molecule has 0 aliphatic carbocycles. The van der Waals surface area contributed by atoms with Crippen LogP contribution in [0.2, 0.25) is 0 Å². The van der Waals surface area contributed by atoms with Gasteiger partial charge in [-0.15, -0.1) is 0 Å². The fraction of sp³-hybridized carbons (Fsp3) is 0.778. The first kappa shape index (κ1) is 11.0. The fourth-order valence-corrected chi connectivity index (χ4v) is 0.781. The zero-order valence-corrected chi connectivity index (χ0v) is 7.67. The van der Waals surface area contributed by atoms with E-state index >= 15 is 0 Å². The van der Waals surface area contributed by atoms with E-state index in [1.54, 1.807) is 6.92 Å². The monoisotopic (exact) mass is 169 g/mol. The van der Waals surface area contributed by atoms with Gasteiger partial charge in [-0.2, -0.15) is 5.26 Å². The molecule has 0 saturated heterocycles. The number of nitrogens with zero attached hydrogens (tertiary/aromatic N) is 1. The Morgan fingerprint density at radius 2 is 2.25 bits per heavy atom. The largest absolute Gasteiger partial charge is 0.447 e. The molecule has 3 heteroatoms. The first-order valence-electron chi connectivity index (χ1n) is 4.33. The van der Waals surface area contributed by atoms with Crippen LogP contribution in [0.25, 0.3) is 0 Å². The maximum absolute atomic E-state index is 10.8. The van der Waals surface area contributed by atoms with Gasteiger partial charge in [-0.25, -0.2) is 0 Å². The van der Waals surface area contributed by atoms with Gasteiger partial charge >= 0.3 is 5.97 Å². The highest BCUT2D eigenvalue weighted by atomic mass is 16.5. The topological polar surface area (TPSA) is 50.1 Å². The lowest BCUT2D eigenvalue weighted by Gasteiger charge is -2.08. The third-order valence-corrected chi connectivity index (χ3v) is 1.53. The Morgan fingerprint density at radius 3 is 2.67 bits per heavy atom. The van der Waals surface area contributed by atoms with Crippen molar-refractivity contribution in [3.8, 4) is 6.07 Å². The number of ether oxygens (including phenoxy) is 1. The predicted molar refractivity (Wildman–Crippen MR) is 45.3 cm³/mol. The van der Waals surface area contributed by atoms with Crippen LogP contribution >= 0.6 is 0 Å². The highest BCUT2D eigenvalue weighted by Crippen LogP contribution is 2.04. The molecule has 0 aromatic carbocycles. The Hall–Kier alpha value is -1.04. The molecule has 12 heavy (non-hydrogen) atoms. The second-order valence-corrected chi connectivity index (χ2v) is 2.60. The molecule has 68 valence electrons. The number of carbonyl (C=O) groups is 1. The van der Waals surface area contributed by atoms with Crippen molar-refractivity contribution in [2.75, 3.05) is 0 Å². The van der Waals surface area contributed by atoms with Crippen LogP contribution in [0.15, 0.2) is 0 Å². The van der Waals surface area contributed by atoms with Crippen molar-refractivity contribution in [2.24, 2.45) is 0 Å². The molecule has 0 aliphatic heterocycles. The highest BCUT2D eigenvalue weighted by molar-refractivity contribution is 5.69. The maximum Gasteiger partial charge on any atom is 0.306 e. The molecule has 0 N–H and O–H groups in total. The van der Waals surface area contributed by atoms with Gasteiger partial charge in [0.2, 0.25) is 0 Å². The number of hydrogen-bond acceptors (Lipinski definition) is 3. The molecule has 0 heterocycles. The summed E-state index contributed by atoms with van der Waals surface area (Å²) < 4.78 is 4.85. The Balaban J connectivity index is 3.69.